The van der Waals surface area contributed by atoms with Gasteiger partial charge in [-0.3, -0.25) is 4.98 Å². The van der Waals surface area contributed by atoms with Crippen molar-refractivity contribution in [1.82, 2.24) is 10.3 Å². The van der Waals surface area contributed by atoms with Crippen molar-refractivity contribution in [3.8, 4) is 0 Å². The highest BCUT2D eigenvalue weighted by Gasteiger charge is 2.40. The maximum absolute atomic E-state index is 6.03. The van der Waals surface area contributed by atoms with Gasteiger partial charge in [-0.2, -0.15) is 0 Å². The highest BCUT2D eigenvalue weighted by Crippen LogP contribution is 2.38. The van der Waals surface area contributed by atoms with Crippen LogP contribution in [0.2, 0.25) is 0 Å². The van der Waals surface area contributed by atoms with Gasteiger partial charge in [-0.1, -0.05) is 13.0 Å². The first-order valence-corrected chi connectivity index (χ1v) is 7.91. The molecule has 2 rings (SSSR count). The van der Waals surface area contributed by atoms with Gasteiger partial charge in [-0.25, -0.2) is 0 Å². The summed E-state index contributed by atoms with van der Waals surface area (Å²) in [4.78, 5) is 4.65. The van der Waals surface area contributed by atoms with E-state index in [1.807, 2.05) is 12.3 Å². The maximum atomic E-state index is 6.03. The summed E-state index contributed by atoms with van der Waals surface area (Å²) >= 11 is 0. The van der Waals surface area contributed by atoms with Gasteiger partial charge in [0.1, 0.15) is 0 Å². The summed E-state index contributed by atoms with van der Waals surface area (Å²) in [5.74, 6) is 0.458. The van der Waals surface area contributed by atoms with E-state index in [2.05, 4.69) is 44.1 Å². The van der Waals surface area contributed by atoms with Crippen LogP contribution in [-0.4, -0.2) is 29.8 Å². The molecule has 1 aromatic heterocycles. The highest BCUT2D eigenvalue weighted by molar-refractivity contribution is 5.30. The zero-order valence-electron chi connectivity index (χ0n) is 13.3. The zero-order chi connectivity index (χ0) is 14.6. The van der Waals surface area contributed by atoms with E-state index in [4.69, 9.17) is 4.74 Å². The fourth-order valence-electron chi connectivity index (χ4n) is 3.40. The number of hydrogen-bond acceptors (Lipinski definition) is 3. The molecule has 2 atom stereocenters. The first-order chi connectivity index (χ1) is 9.60. The minimum absolute atomic E-state index is 0.173. The molecule has 2 unspecified atom stereocenters. The molecule has 3 nitrogen and oxygen atoms in total. The minimum atomic E-state index is -0.173. The van der Waals surface area contributed by atoms with Crippen molar-refractivity contribution in [1.29, 1.82) is 0 Å². The molecule has 20 heavy (non-hydrogen) atoms. The standard InChI is InChI=1S/C17H28N2O/c1-5-11-19-16(17(3,4)20-6-2)14-10-9-13-8-7-12-18-15(13)14/h7-8,12,14,16,19H,5-6,9-11H2,1-4H3. The van der Waals surface area contributed by atoms with E-state index in [9.17, 15) is 0 Å². The fourth-order valence-corrected chi connectivity index (χ4v) is 3.40. The molecule has 1 aliphatic carbocycles. The minimum Gasteiger partial charge on any atom is -0.374 e. The summed E-state index contributed by atoms with van der Waals surface area (Å²) in [6.45, 7) is 10.5. The van der Waals surface area contributed by atoms with Crippen molar-refractivity contribution in [2.45, 2.75) is 64.5 Å². The van der Waals surface area contributed by atoms with Crippen LogP contribution in [0.15, 0.2) is 18.3 Å². The molecule has 0 spiro atoms. The molecule has 112 valence electrons. The molecule has 0 radical (unpaired) electrons. The fraction of sp³-hybridized carbons (Fsp3) is 0.706. The second kappa shape index (κ2) is 6.68. The third-order valence-corrected chi connectivity index (χ3v) is 4.28. The number of aromatic nitrogens is 1. The quantitative estimate of drug-likeness (QED) is 0.829. The maximum Gasteiger partial charge on any atom is 0.0785 e. The Morgan fingerprint density at radius 1 is 1.45 bits per heavy atom. The number of aryl methyl sites for hydroxylation is 1. The number of rotatable bonds is 7. The first kappa shape index (κ1) is 15.5. The summed E-state index contributed by atoms with van der Waals surface area (Å²) in [6.07, 6.45) is 5.37. The zero-order valence-corrected chi connectivity index (χ0v) is 13.3. The molecule has 0 aliphatic heterocycles. The van der Waals surface area contributed by atoms with Crippen LogP contribution in [0.5, 0.6) is 0 Å². The van der Waals surface area contributed by atoms with Crippen LogP contribution in [0.25, 0.3) is 0 Å². The second-order valence-corrected chi connectivity index (χ2v) is 6.16. The van der Waals surface area contributed by atoms with E-state index in [1.54, 1.807) is 0 Å². The third kappa shape index (κ3) is 3.21. The Kier molecular flexibility index (Phi) is 5.17. The van der Waals surface area contributed by atoms with Gasteiger partial charge in [0.15, 0.2) is 0 Å². The molecule has 0 aromatic carbocycles. The Hall–Kier alpha value is -0.930. The van der Waals surface area contributed by atoms with Crippen LogP contribution in [0.1, 0.15) is 57.7 Å². The van der Waals surface area contributed by atoms with Gasteiger partial charge in [0.05, 0.1) is 5.60 Å². The lowest BCUT2D eigenvalue weighted by atomic mass is 9.84. The van der Waals surface area contributed by atoms with Crippen LogP contribution in [0.3, 0.4) is 0 Å². The van der Waals surface area contributed by atoms with E-state index >= 15 is 0 Å². The van der Waals surface area contributed by atoms with Gasteiger partial charge in [-0.15, -0.1) is 0 Å². The van der Waals surface area contributed by atoms with E-state index in [0.717, 1.165) is 26.0 Å². The summed E-state index contributed by atoms with van der Waals surface area (Å²) in [7, 11) is 0. The number of nitrogens with zero attached hydrogens (tertiary/aromatic N) is 1. The molecule has 1 aliphatic rings. The van der Waals surface area contributed by atoms with Crippen molar-refractivity contribution < 1.29 is 4.74 Å². The predicted molar refractivity (Wildman–Crippen MR) is 83.1 cm³/mol. The monoisotopic (exact) mass is 276 g/mol. The number of hydrogen-bond donors (Lipinski definition) is 1. The lowest BCUT2D eigenvalue weighted by Crippen LogP contribution is -2.52. The molecule has 0 bridgehead atoms. The molecular formula is C17H28N2O. The number of nitrogens with one attached hydrogen (secondary N) is 1. The topological polar surface area (TPSA) is 34.2 Å². The molecular weight excluding hydrogens is 248 g/mol. The van der Waals surface area contributed by atoms with Gasteiger partial charge in [0.2, 0.25) is 0 Å². The smallest absolute Gasteiger partial charge is 0.0785 e. The van der Waals surface area contributed by atoms with Crippen molar-refractivity contribution in [2.75, 3.05) is 13.2 Å². The lowest BCUT2D eigenvalue weighted by molar-refractivity contribution is -0.0450. The molecule has 1 heterocycles. The summed E-state index contributed by atoms with van der Waals surface area (Å²) in [5, 5.41) is 3.71. The van der Waals surface area contributed by atoms with Crippen molar-refractivity contribution in [3.05, 3.63) is 29.6 Å². The Balaban J connectivity index is 2.24. The van der Waals surface area contributed by atoms with Gasteiger partial charge in [0, 0.05) is 30.5 Å². The average Bonchev–Trinajstić information content (AvgIpc) is 2.83. The van der Waals surface area contributed by atoms with Gasteiger partial charge in [0.25, 0.3) is 0 Å². The van der Waals surface area contributed by atoms with Crippen molar-refractivity contribution >= 4 is 0 Å². The van der Waals surface area contributed by atoms with Gasteiger partial charge in [-0.05, 0) is 58.2 Å². The number of ether oxygens (including phenoxy) is 1. The van der Waals surface area contributed by atoms with E-state index < -0.39 is 0 Å². The summed E-state index contributed by atoms with van der Waals surface area (Å²) in [5.41, 5.74) is 2.51. The van der Waals surface area contributed by atoms with E-state index in [-0.39, 0.29) is 5.60 Å². The number of pyridine rings is 1. The molecule has 0 fully saturated rings. The molecule has 1 N–H and O–H groups in total. The van der Waals surface area contributed by atoms with Crippen LogP contribution in [0.4, 0.5) is 0 Å². The molecule has 0 amide bonds. The Morgan fingerprint density at radius 2 is 2.25 bits per heavy atom. The van der Waals surface area contributed by atoms with Crippen LogP contribution >= 0.6 is 0 Å². The largest absolute Gasteiger partial charge is 0.374 e. The molecule has 0 saturated carbocycles. The Labute approximate surface area is 123 Å². The summed E-state index contributed by atoms with van der Waals surface area (Å²) < 4.78 is 6.03. The number of fused-ring (bicyclic) bond motifs is 1. The lowest BCUT2D eigenvalue weighted by Gasteiger charge is -2.38. The van der Waals surface area contributed by atoms with Crippen molar-refractivity contribution in [2.24, 2.45) is 0 Å². The second-order valence-electron chi connectivity index (χ2n) is 6.16. The Morgan fingerprint density at radius 3 is 2.95 bits per heavy atom. The summed E-state index contributed by atoms with van der Waals surface area (Å²) in [6, 6.07) is 4.58. The molecule has 1 aromatic rings. The van der Waals surface area contributed by atoms with Gasteiger partial charge < -0.3 is 10.1 Å². The SMILES string of the molecule is CCCNC(C1CCc2cccnc21)C(C)(C)OCC. The van der Waals surface area contributed by atoms with Crippen molar-refractivity contribution in [3.63, 3.8) is 0 Å². The molecule has 3 heteroatoms. The van der Waals surface area contributed by atoms with E-state index in [1.165, 1.54) is 17.7 Å². The average molecular weight is 276 g/mol. The normalized spacial score (nSPS) is 19.9. The third-order valence-electron chi connectivity index (χ3n) is 4.28. The van der Waals surface area contributed by atoms with Crippen LogP contribution in [0, 0.1) is 0 Å². The van der Waals surface area contributed by atoms with Gasteiger partial charge >= 0.3 is 0 Å². The predicted octanol–water partition coefficient (Wildman–Crippen LogP) is 3.29. The van der Waals surface area contributed by atoms with Crippen LogP contribution in [-0.2, 0) is 11.2 Å². The first-order valence-electron chi connectivity index (χ1n) is 7.91. The highest BCUT2D eigenvalue weighted by atomic mass is 16.5. The van der Waals surface area contributed by atoms with Crippen LogP contribution < -0.4 is 5.32 Å². The molecule has 0 saturated heterocycles. The Bertz CT molecular complexity index is 431. The van der Waals surface area contributed by atoms with E-state index in [0.29, 0.717) is 12.0 Å².